The van der Waals surface area contributed by atoms with Gasteiger partial charge in [0.15, 0.2) is 0 Å². The van der Waals surface area contributed by atoms with E-state index >= 15 is 0 Å². The molecule has 0 aliphatic rings. The van der Waals surface area contributed by atoms with Crippen molar-refractivity contribution < 1.29 is 47.6 Å². The Hall–Kier alpha value is -5.90. The lowest BCUT2D eigenvalue weighted by Gasteiger charge is -2.17. The highest BCUT2D eigenvalue weighted by molar-refractivity contribution is 5.90. The number of aryl methyl sites for hydroxylation is 1. The van der Waals surface area contributed by atoms with E-state index in [1.807, 2.05) is 13.8 Å². The summed E-state index contributed by atoms with van der Waals surface area (Å²) in [4.78, 5) is 47.6. The highest BCUT2D eigenvalue weighted by atomic mass is 16.7. The minimum Gasteiger partial charge on any atom is -0.455 e. The Morgan fingerprint density at radius 3 is 1.45 bits per heavy atom. The van der Waals surface area contributed by atoms with Crippen LogP contribution < -0.4 is 18.9 Å². The molecule has 0 spiro atoms. The van der Waals surface area contributed by atoms with Crippen molar-refractivity contribution in [1.29, 1.82) is 0 Å². The maximum Gasteiger partial charge on any atom is 0.336 e. The molecule has 0 fully saturated rings. The summed E-state index contributed by atoms with van der Waals surface area (Å²) in [6.07, 6.45) is 7.31. The van der Waals surface area contributed by atoms with Gasteiger partial charge in [-0.1, -0.05) is 51.3 Å². The van der Waals surface area contributed by atoms with E-state index in [9.17, 15) is 19.2 Å². The van der Waals surface area contributed by atoms with Crippen LogP contribution in [-0.2, 0) is 28.7 Å². The predicted octanol–water partition coefficient (Wildman–Crippen LogP) is 6.92. The number of carbonyl (C=O) groups excluding carboxylic acids is 4. The summed E-state index contributed by atoms with van der Waals surface area (Å²) in [5, 5.41) is 0. The lowest BCUT2D eigenvalue weighted by atomic mass is 10.2. The van der Waals surface area contributed by atoms with Crippen LogP contribution >= 0.6 is 0 Å². The molecule has 244 valence electrons. The molecule has 0 amide bonds. The van der Waals surface area contributed by atoms with Gasteiger partial charge < -0.3 is 28.4 Å². The van der Waals surface area contributed by atoms with E-state index in [1.54, 1.807) is 73.7 Å². The van der Waals surface area contributed by atoms with Crippen molar-refractivity contribution in [2.75, 3.05) is 0 Å². The van der Waals surface area contributed by atoms with Crippen LogP contribution in [0.2, 0.25) is 0 Å². The molecule has 0 saturated carbocycles. The average molecular weight is 641 g/mol. The lowest BCUT2D eigenvalue weighted by molar-refractivity contribution is -0.158. The summed E-state index contributed by atoms with van der Waals surface area (Å²) in [5.41, 5.74) is 2.03. The quantitative estimate of drug-likeness (QED) is 0.0705. The van der Waals surface area contributed by atoms with E-state index in [1.165, 1.54) is 24.3 Å². The van der Waals surface area contributed by atoms with Gasteiger partial charge in [-0.15, -0.1) is 0 Å². The minimum absolute atomic E-state index is 0.280. The Morgan fingerprint density at radius 1 is 0.617 bits per heavy atom. The largest absolute Gasteiger partial charge is 0.455 e. The summed E-state index contributed by atoms with van der Waals surface area (Å²) in [6, 6.07) is 18.4. The first-order chi connectivity index (χ1) is 22.6. The van der Waals surface area contributed by atoms with Gasteiger partial charge in [0.05, 0.1) is 0 Å². The van der Waals surface area contributed by atoms with Crippen molar-refractivity contribution >= 4 is 36.0 Å². The third kappa shape index (κ3) is 12.2. The summed E-state index contributed by atoms with van der Waals surface area (Å²) >= 11 is 0. The monoisotopic (exact) mass is 640 g/mol. The van der Waals surface area contributed by atoms with Crippen molar-refractivity contribution in [2.45, 2.75) is 46.2 Å². The van der Waals surface area contributed by atoms with Gasteiger partial charge in [-0.25, -0.2) is 19.2 Å². The summed E-state index contributed by atoms with van der Waals surface area (Å²) in [6.45, 7) is 12.1. The first-order valence-corrected chi connectivity index (χ1v) is 14.7. The normalized spacial score (nSPS) is 12.1. The van der Waals surface area contributed by atoms with Crippen LogP contribution in [0.5, 0.6) is 23.0 Å². The topological polar surface area (TPSA) is 124 Å². The van der Waals surface area contributed by atoms with Crippen LogP contribution in [0.15, 0.2) is 104 Å². The maximum absolute atomic E-state index is 12.4. The van der Waals surface area contributed by atoms with E-state index < -0.39 is 36.5 Å². The zero-order valence-corrected chi connectivity index (χ0v) is 26.4. The number of hydrogen-bond acceptors (Lipinski definition) is 10. The molecule has 0 bridgehead atoms. The molecular weight excluding hydrogens is 604 g/mol. The Bertz CT molecular complexity index is 1620. The summed E-state index contributed by atoms with van der Waals surface area (Å²) < 4.78 is 32.3. The van der Waals surface area contributed by atoms with Crippen molar-refractivity contribution in [3.8, 4) is 23.0 Å². The van der Waals surface area contributed by atoms with Gasteiger partial charge in [-0.2, -0.15) is 0 Å². The molecule has 0 aliphatic carbocycles. The molecule has 0 heterocycles. The van der Waals surface area contributed by atoms with Gasteiger partial charge in [0, 0.05) is 37.1 Å². The molecule has 47 heavy (non-hydrogen) atoms. The zero-order valence-electron chi connectivity index (χ0n) is 26.4. The summed E-state index contributed by atoms with van der Waals surface area (Å²) in [5.74, 6) is -0.751. The Kier molecular flexibility index (Phi) is 13.7. The van der Waals surface area contributed by atoms with E-state index in [-0.39, 0.29) is 5.75 Å². The molecule has 0 aromatic heterocycles. The minimum atomic E-state index is -0.741. The molecule has 2 unspecified atom stereocenters. The van der Waals surface area contributed by atoms with Crippen LogP contribution in [0.25, 0.3) is 12.2 Å². The number of carbonyl (C=O) groups is 4. The van der Waals surface area contributed by atoms with E-state index in [0.717, 1.165) is 23.3 Å². The molecule has 0 radical (unpaired) electrons. The van der Waals surface area contributed by atoms with Gasteiger partial charge in [0.1, 0.15) is 23.0 Å². The predicted molar refractivity (Wildman–Crippen MR) is 175 cm³/mol. The molecule has 2 atom stereocenters. The van der Waals surface area contributed by atoms with Gasteiger partial charge in [0.2, 0.25) is 12.6 Å². The SMILES string of the molecule is C=CC(=O)OC(CC)Oc1ccc(/C=C/C(=O)Oc2ccc(OC(=O)/C=C/c3ccc(OC(CC)OC(=O)C=C)cc3)c(C)c2)cc1. The molecule has 0 aliphatic heterocycles. The number of rotatable bonds is 16. The van der Waals surface area contributed by atoms with Gasteiger partial charge in [0.25, 0.3) is 0 Å². The van der Waals surface area contributed by atoms with Crippen molar-refractivity contribution in [2.24, 2.45) is 0 Å². The molecule has 0 N–H and O–H groups in total. The molecule has 3 aromatic rings. The fraction of sp³-hybridized carbons (Fsp3) is 0.189. The maximum atomic E-state index is 12.4. The Balaban J connectivity index is 1.49. The van der Waals surface area contributed by atoms with Crippen molar-refractivity contribution in [3.05, 3.63) is 121 Å². The van der Waals surface area contributed by atoms with Crippen molar-refractivity contribution in [3.63, 3.8) is 0 Å². The fourth-order valence-corrected chi connectivity index (χ4v) is 3.78. The number of ether oxygens (including phenoxy) is 6. The van der Waals surface area contributed by atoms with Crippen LogP contribution in [0.3, 0.4) is 0 Å². The van der Waals surface area contributed by atoms with Crippen LogP contribution in [-0.4, -0.2) is 36.5 Å². The van der Waals surface area contributed by atoms with E-state index in [4.69, 9.17) is 28.4 Å². The molecule has 3 aromatic carbocycles. The third-order valence-electron chi connectivity index (χ3n) is 6.19. The lowest BCUT2D eigenvalue weighted by Crippen LogP contribution is -2.22. The van der Waals surface area contributed by atoms with Crippen LogP contribution in [0.4, 0.5) is 0 Å². The van der Waals surface area contributed by atoms with Crippen LogP contribution in [0.1, 0.15) is 43.4 Å². The number of esters is 4. The Morgan fingerprint density at radius 2 is 1.04 bits per heavy atom. The third-order valence-corrected chi connectivity index (χ3v) is 6.19. The number of hydrogen-bond donors (Lipinski definition) is 0. The highest BCUT2D eigenvalue weighted by Crippen LogP contribution is 2.24. The molecule has 10 heteroatoms. The molecule has 3 rings (SSSR count). The first kappa shape index (κ1) is 35.6. The first-order valence-electron chi connectivity index (χ1n) is 14.7. The van der Waals surface area contributed by atoms with Gasteiger partial charge in [-0.05, 0) is 78.2 Å². The molecule has 0 saturated heterocycles. The zero-order chi connectivity index (χ0) is 34.2. The summed E-state index contributed by atoms with van der Waals surface area (Å²) in [7, 11) is 0. The fourth-order valence-electron chi connectivity index (χ4n) is 3.78. The van der Waals surface area contributed by atoms with E-state index in [2.05, 4.69) is 13.2 Å². The van der Waals surface area contributed by atoms with Gasteiger partial charge in [-0.3, -0.25) is 0 Å². The standard InChI is InChI=1S/C37H36O10/c1-6-32(38)46-36(8-3)43-28-16-10-26(11-17-28)14-22-34(40)42-30-20-21-31(25(5)24-30)45-35(41)23-15-27-12-18-29(19-13-27)44-37(9-4)47-33(39)7-2/h6-7,10-24,36-37H,1-2,8-9H2,3-5H3/b22-14+,23-15+. The van der Waals surface area contributed by atoms with E-state index in [0.29, 0.717) is 35.7 Å². The van der Waals surface area contributed by atoms with Gasteiger partial charge >= 0.3 is 23.9 Å². The number of benzene rings is 3. The van der Waals surface area contributed by atoms with Crippen molar-refractivity contribution in [1.82, 2.24) is 0 Å². The second kappa shape index (κ2) is 18.2. The molecular formula is C37H36O10. The highest BCUT2D eigenvalue weighted by Gasteiger charge is 2.13. The second-order valence-corrected chi connectivity index (χ2v) is 9.77. The Labute approximate surface area is 273 Å². The average Bonchev–Trinajstić information content (AvgIpc) is 3.07. The second-order valence-electron chi connectivity index (χ2n) is 9.77. The molecule has 10 nitrogen and oxygen atoms in total. The smallest absolute Gasteiger partial charge is 0.336 e. The van der Waals surface area contributed by atoms with Crippen LogP contribution in [0, 0.1) is 6.92 Å².